The summed E-state index contributed by atoms with van der Waals surface area (Å²) in [7, 11) is 0. The number of furan rings is 1. The molecule has 18 heavy (non-hydrogen) atoms. The molecular weight excluding hydrogens is 319 g/mol. The minimum absolute atomic E-state index is 0.515. The summed E-state index contributed by atoms with van der Waals surface area (Å²) in [5.41, 5.74) is 2.38. The Bertz CT molecular complexity index is 594. The highest BCUT2D eigenvalue weighted by Crippen LogP contribution is 2.40. The first-order chi connectivity index (χ1) is 8.66. The summed E-state index contributed by atoms with van der Waals surface area (Å²) in [5, 5.41) is 11.0. The summed E-state index contributed by atoms with van der Waals surface area (Å²) in [4.78, 5) is 0. The Hall–Kier alpha value is -0.970. The van der Waals surface area contributed by atoms with Crippen LogP contribution in [-0.2, 0) is 6.42 Å². The van der Waals surface area contributed by atoms with Gasteiger partial charge < -0.3 is 14.3 Å². The van der Waals surface area contributed by atoms with Gasteiger partial charge in [-0.3, -0.25) is 0 Å². The number of hydrogen-bond donors (Lipinski definition) is 1. The molecule has 1 aliphatic rings. The zero-order valence-corrected chi connectivity index (χ0v) is 11.7. The molecule has 94 valence electrons. The Morgan fingerprint density at radius 1 is 1.33 bits per heavy atom. The summed E-state index contributed by atoms with van der Waals surface area (Å²) in [6.45, 7) is 0.627. The van der Waals surface area contributed by atoms with Crippen LogP contribution in [0.4, 0.5) is 0 Å². The second kappa shape index (κ2) is 4.61. The highest BCUT2D eigenvalue weighted by Gasteiger charge is 2.25. The molecular formula is C13H10BrClO3. The van der Waals surface area contributed by atoms with Gasteiger partial charge in [-0.15, -0.1) is 0 Å². The Labute approximate surface area is 117 Å². The van der Waals surface area contributed by atoms with Crippen molar-refractivity contribution in [3.63, 3.8) is 0 Å². The lowest BCUT2D eigenvalue weighted by Gasteiger charge is -2.14. The van der Waals surface area contributed by atoms with Gasteiger partial charge in [-0.2, -0.15) is 0 Å². The minimum Gasteiger partial charge on any atom is -0.493 e. The molecule has 0 saturated carbocycles. The molecule has 0 fully saturated rings. The standard InChI is InChI=1S/C13H10BrClO3/c14-13-9(2-4-18-13)11(16)10-6-8(15)5-7-1-3-17-12(7)10/h2,4-6,11,16H,1,3H2. The third kappa shape index (κ3) is 1.94. The topological polar surface area (TPSA) is 42.6 Å². The molecule has 1 aromatic heterocycles. The van der Waals surface area contributed by atoms with Gasteiger partial charge in [-0.25, -0.2) is 0 Å². The predicted molar refractivity (Wildman–Crippen MR) is 71.1 cm³/mol. The van der Waals surface area contributed by atoms with E-state index in [0.717, 1.165) is 17.7 Å². The summed E-state index contributed by atoms with van der Waals surface area (Å²) in [5.74, 6) is 0.736. The highest BCUT2D eigenvalue weighted by molar-refractivity contribution is 9.10. The molecule has 1 N–H and O–H groups in total. The van der Waals surface area contributed by atoms with E-state index < -0.39 is 6.10 Å². The van der Waals surface area contributed by atoms with Gasteiger partial charge >= 0.3 is 0 Å². The van der Waals surface area contributed by atoms with Crippen LogP contribution in [0.2, 0.25) is 5.02 Å². The van der Waals surface area contributed by atoms with E-state index in [1.54, 1.807) is 12.1 Å². The van der Waals surface area contributed by atoms with Crippen molar-refractivity contribution >= 4 is 27.5 Å². The Kier molecular flexibility index (Phi) is 3.09. The number of benzene rings is 1. The molecule has 2 heterocycles. The zero-order valence-electron chi connectivity index (χ0n) is 9.32. The number of aliphatic hydroxyl groups excluding tert-OH is 1. The van der Waals surface area contributed by atoms with E-state index in [-0.39, 0.29) is 0 Å². The van der Waals surface area contributed by atoms with E-state index in [4.69, 9.17) is 20.8 Å². The van der Waals surface area contributed by atoms with E-state index in [9.17, 15) is 5.11 Å². The normalized spacial score (nSPS) is 15.3. The largest absolute Gasteiger partial charge is 0.493 e. The fourth-order valence-corrected chi connectivity index (χ4v) is 2.87. The quantitative estimate of drug-likeness (QED) is 0.913. The van der Waals surface area contributed by atoms with E-state index in [1.165, 1.54) is 6.26 Å². The van der Waals surface area contributed by atoms with Gasteiger partial charge in [-0.05, 0) is 39.7 Å². The van der Waals surface area contributed by atoms with Gasteiger partial charge in [0.1, 0.15) is 11.9 Å². The monoisotopic (exact) mass is 328 g/mol. The average Bonchev–Trinajstić information content (AvgIpc) is 2.95. The molecule has 3 rings (SSSR count). The number of halogens is 2. The summed E-state index contributed by atoms with van der Waals surface area (Å²) in [6.07, 6.45) is 1.53. The van der Waals surface area contributed by atoms with Gasteiger partial charge in [-0.1, -0.05) is 11.6 Å². The van der Waals surface area contributed by atoms with E-state index in [0.29, 0.717) is 27.4 Å². The van der Waals surface area contributed by atoms with Crippen molar-refractivity contribution < 1.29 is 14.3 Å². The fourth-order valence-electron chi connectivity index (χ4n) is 2.17. The molecule has 2 aromatic rings. The third-order valence-electron chi connectivity index (χ3n) is 3.01. The van der Waals surface area contributed by atoms with Gasteiger partial charge in [0, 0.05) is 22.6 Å². The van der Waals surface area contributed by atoms with Crippen LogP contribution in [0, 0.1) is 0 Å². The number of rotatable bonds is 2. The molecule has 1 aromatic carbocycles. The maximum atomic E-state index is 10.4. The van der Waals surface area contributed by atoms with Crippen LogP contribution in [-0.4, -0.2) is 11.7 Å². The minimum atomic E-state index is -0.816. The second-order valence-corrected chi connectivity index (χ2v) is 5.29. The van der Waals surface area contributed by atoms with Crippen LogP contribution in [0.15, 0.2) is 33.5 Å². The van der Waals surface area contributed by atoms with E-state index in [2.05, 4.69) is 15.9 Å². The third-order valence-corrected chi connectivity index (χ3v) is 3.88. The maximum Gasteiger partial charge on any atom is 0.175 e. The highest BCUT2D eigenvalue weighted by atomic mass is 79.9. The lowest BCUT2D eigenvalue weighted by molar-refractivity contribution is 0.211. The average molecular weight is 330 g/mol. The zero-order chi connectivity index (χ0) is 12.7. The van der Waals surface area contributed by atoms with E-state index >= 15 is 0 Å². The summed E-state index contributed by atoms with van der Waals surface area (Å²) < 4.78 is 11.2. The number of fused-ring (bicyclic) bond motifs is 1. The molecule has 1 aliphatic heterocycles. The molecule has 0 radical (unpaired) electrons. The van der Waals surface area contributed by atoms with Crippen molar-refractivity contribution in [2.24, 2.45) is 0 Å². The maximum absolute atomic E-state index is 10.4. The number of hydrogen-bond acceptors (Lipinski definition) is 3. The summed E-state index contributed by atoms with van der Waals surface area (Å²) >= 11 is 9.33. The van der Waals surface area contributed by atoms with Crippen LogP contribution >= 0.6 is 27.5 Å². The molecule has 0 saturated heterocycles. The molecule has 1 unspecified atom stereocenters. The first-order valence-corrected chi connectivity index (χ1v) is 6.70. The van der Waals surface area contributed by atoms with Crippen molar-refractivity contribution in [3.05, 3.63) is 50.8 Å². The number of ether oxygens (including phenoxy) is 1. The van der Waals surface area contributed by atoms with Crippen LogP contribution in [0.3, 0.4) is 0 Å². The SMILES string of the molecule is OC(c1ccoc1Br)c1cc(Cl)cc2c1OCC2. The van der Waals surface area contributed by atoms with Gasteiger partial charge in [0.15, 0.2) is 4.67 Å². The van der Waals surface area contributed by atoms with Crippen LogP contribution in [0.5, 0.6) is 5.75 Å². The molecule has 1 atom stereocenters. The van der Waals surface area contributed by atoms with Crippen LogP contribution in [0.1, 0.15) is 22.8 Å². The van der Waals surface area contributed by atoms with Gasteiger partial charge in [0.25, 0.3) is 0 Å². The van der Waals surface area contributed by atoms with Gasteiger partial charge in [0.2, 0.25) is 0 Å². The molecule has 0 aliphatic carbocycles. The lowest BCUT2D eigenvalue weighted by atomic mass is 10.00. The molecule has 0 amide bonds. The van der Waals surface area contributed by atoms with Crippen molar-refractivity contribution in [2.45, 2.75) is 12.5 Å². The van der Waals surface area contributed by atoms with Crippen LogP contribution in [0.25, 0.3) is 0 Å². The van der Waals surface area contributed by atoms with Gasteiger partial charge in [0.05, 0.1) is 12.9 Å². The molecule has 5 heteroatoms. The second-order valence-electron chi connectivity index (χ2n) is 4.13. The number of aliphatic hydroxyl groups is 1. The Morgan fingerprint density at radius 2 is 2.17 bits per heavy atom. The van der Waals surface area contributed by atoms with Crippen LogP contribution < -0.4 is 4.74 Å². The smallest absolute Gasteiger partial charge is 0.175 e. The fraction of sp³-hybridized carbons (Fsp3) is 0.231. The van der Waals surface area contributed by atoms with E-state index in [1.807, 2.05) is 6.07 Å². The Balaban J connectivity index is 2.10. The molecule has 0 bridgehead atoms. The Morgan fingerprint density at radius 3 is 2.89 bits per heavy atom. The van der Waals surface area contributed by atoms with Crippen molar-refractivity contribution in [3.8, 4) is 5.75 Å². The molecule has 0 spiro atoms. The first kappa shape index (κ1) is 12.1. The van der Waals surface area contributed by atoms with Crippen molar-refractivity contribution in [1.82, 2.24) is 0 Å². The van der Waals surface area contributed by atoms with Crippen molar-refractivity contribution in [1.29, 1.82) is 0 Å². The molecule has 3 nitrogen and oxygen atoms in total. The summed E-state index contributed by atoms with van der Waals surface area (Å²) in [6, 6.07) is 5.33. The first-order valence-electron chi connectivity index (χ1n) is 5.53. The van der Waals surface area contributed by atoms with Crippen molar-refractivity contribution in [2.75, 3.05) is 6.61 Å². The predicted octanol–water partition coefficient (Wildman–Crippen LogP) is 3.71. The lowest BCUT2D eigenvalue weighted by Crippen LogP contribution is -2.02.